The second-order valence-corrected chi connectivity index (χ2v) is 6.67. The van der Waals surface area contributed by atoms with Gasteiger partial charge in [-0.2, -0.15) is 4.98 Å². The number of nitrogens with zero attached hydrogens (tertiary/aromatic N) is 3. The minimum absolute atomic E-state index is 0.296. The standard InChI is InChI=1S/C20H18F3N5O/c21-20(22,23)29-16-5-1-4-14(9-16)17-10-18(25-12-13-3-2-8-24-11-13)28-19(27-17)26-15-6-7-15/h1-5,8-11,15H,6-7,12H2,(H2,25,26,27,28). The van der Waals surface area contributed by atoms with Gasteiger partial charge in [0, 0.05) is 36.6 Å². The van der Waals surface area contributed by atoms with E-state index in [-0.39, 0.29) is 5.75 Å². The van der Waals surface area contributed by atoms with E-state index in [0.717, 1.165) is 18.4 Å². The average molecular weight is 401 g/mol. The van der Waals surface area contributed by atoms with Crippen LogP contribution in [0.5, 0.6) is 5.75 Å². The van der Waals surface area contributed by atoms with Gasteiger partial charge < -0.3 is 15.4 Å². The zero-order valence-corrected chi connectivity index (χ0v) is 15.3. The van der Waals surface area contributed by atoms with Gasteiger partial charge >= 0.3 is 6.36 Å². The molecule has 2 N–H and O–H groups in total. The fourth-order valence-corrected chi connectivity index (χ4v) is 2.71. The Morgan fingerprint density at radius 1 is 1.07 bits per heavy atom. The first-order chi connectivity index (χ1) is 13.9. The van der Waals surface area contributed by atoms with Gasteiger partial charge in [0.2, 0.25) is 5.95 Å². The van der Waals surface area contributed by atoms with Crippen LogP contribution in [0.2, 0.25) is 0 Å². The van der Waals surface area contributed by atoms with Crippen molar-refractivity contribution in [2.75, 3.05) is 10.6 Å². The SMILES string of the molecule is FC(F)(F)Oc1cccc(-c2cc(NCc3cccnc3)nc(NC3CC3)n2)c1. The van der Waals surface area contributed by atoms with Crippen LogP contribution in [-0.2, 0) is 6.54 Å². The predicted octanol–water partition coefficient (Wildman–Crippen LogP) is 4.62. The fraction of sp³-hybridized carbons (Fsp3) is 0.250. The minimum atomic E-state index is -4.75. The first-order valence-corrected chi connectivity index (χ1v) is 9.09. The van der Waals surface area contributed by atoms with Crippen LogP contribution in [0.1, 0.15) is 18.4 Å². The summed E-state index contributed by atoms with van der Waals surface area (Å²) in [5, 5.41) is 6.45. The van der Waals surface area contributed by atoms with Gasteiger partial charge in [-0.15, -0.1) is 13.2 Å². The van der Waals surface area contributed by atoms with E-state index in [1.54, 1.807) is 24.5 Å². The third-order valence-corrected chi connectivity index (χ3v) is 4.20. The van der Waals surface area contributed by atoms with Crippen LogP contribution in [0, 0.1) is 0 Å². The van der Waals surface area contributed by atoms with Crippen molar-refractivity contribution in [2.45, 2.75) is 31.8 Å². The number of ether oxygens (including phenoxy) is 1. The Kier molecular flexibility index (Phi) is 5.20. The van der Waals surface area contributed by atoms with Gasteiger partial charge in [-0.25, -0.2) is 4.98 Å². The van der Waals surface area contributed by atoms with Crippen LogP contribution in [0.15, 0.2) is 54.9 Å². The molecule has 3 aromatic rings. The van der Waals surface area contributed by atoms with E-state index >= 15 is 0 Å². The maximum absolute atomic E-state index is 12.5. The van der Waals surface area contributed by atoms with E-state index in [0.29, 0.717) is 35.6 Å². The lowest BCUT2D eigenvalue weighted by Crippen LogP contribution is -2.17. The highest BCUT2D eigenvalue weighted by molar-refractivity contribution is 5.66. The number of halogens is 3. The van der Waals surface area contributed by atoms with Crippen LogP contribution in [0.3, 0.4) is 0 Å². The normalized spacial score (nSPS) is 13.8. The maximum atomic E-state index is 12.5. The molecule has 6 nitrogen and oxygen atoms in total. The van der Waals surface area contributed by atoms with Crippen LogP contribution < -0.4 is 15.4 Å². The van der Waals surface area contributed by atoms with Gasteiger partial charge in [0.25, 0.3) is 0 Å². The lowest BCUT2D eigenvalue weighted by atomic mass is 10.1. The van der Waals surface area contributed by atoms with Crippen molar-refractivity contribution in [3.63, 3.8) is 0 Å². The summed E-state index contributed by atoms with van der Waals surface area (Å²) in [5.74, 6) is 0.695. The van der Waals surface area contributed by atoms with Crippen LogP contribution >= 0.6 is 0 Å². The van der Waals surface area contributed by atoms with Gasteiger partial charge in [-0.3, -0.25) is 4.98 Å². The summed E-state index contributed by atoms with van der Waals surface area (Å²) in [6, 6.07) is 11.5. The molecule has 2 heterocycles. The second-order valence-electron chi connectivity index (χ2n) is 6.67. The van der Waals surface area contributed by atoms with E-state index in [1.807, 2.05) is 12.1 Å². The van der Waals surface area contributed by atoms with Crippen molar-refractivity contribution < 1.29 is 17.9 Å². The molecule has 0 unspecified atom stereocenters. The molecular formula is C20H18F3N5O. The molecule has 1 fully saturated rings. The number of alkyl halides is 3. The number of anilines is 2. The Labute approximate surface area is 165 Å². The molecule has 1 aliphatic carbocycles. The topological polar surface area (TPSA) is 72.0 Å². The molecule has 4 rings (SSSR count). The first-order valence-electron chi connectivity index (χ1n) is 9.09. The lowest BCUT2D eigenvalue weighted by Gasteiger charge is -2.13. The molecule has 0 radical (unpaired) electrons. The summed E-state index contributed by atoms with van der Waals surface area (Å²) >= 11 is 0. The van der Waals surface area contributed by atoms with Gasteiger partial charge in [-0.1, -0.05) is 18.2 Å². The van der Waals surface area contributed by atoms with Gasteiger partial charge in [0.1, 0.15) is 11.6 Å². The Morgan fingerprint density at radius 2 is 1.93 bits per heavy atom. The third-order valence-electron chi connectivity index (χ3n) is 4.20. The number of benzene rings is 1. The number of hydrogen-bond donors (Lipinski definition) is 2. The van der Waals surface area contributed by atoms with Crippen molar-refractivity contribution in [2.24, 2.45) is 0 Å². The molecule has 9 heteroatoms. The van der Waals surface area contributed by atoms with Crippen molar-refractivity contribution in [3.05, 3.63) is 60.4 Å². The van der Waals surface area contributed by atoms with Crippen molar-refractivity contribution in [1.29, 1.82) is 0 Å². The summed E-state index contributed by atoms with van der Waals surface area (Å²) in [5.41, 5.74) is 1.96. The maximum Gasteiger partial charge on any atom is 0.573 e. The molecule has 0 bridgehead atoms. The highest BCUT2D eigenvalue weighted by Gasteiger charge is 2.31. The summed E-state index contributed by atoms with van der Waals surface area (Å²) < 4.78 is 41.7. The van der Waals surface area contributed by atoms with Crippen LogP contribution in [0.25, 0.3) is 11.3 Å². The predicted molar refractivity (Wildman–Crippen MR) is 102 cm³/mol. The third kappa shape index (κ3) is 5.56. The zero-order valence-electron chi connectivity index (χ0n) is 15.3. The van der Waals surface area contributed by atoms with Gasteiger partial charge in [0.15, 0.2) is 0 Å². The monoisotopic (exact) mass is 401 g/mol. The van der Waals surface area contributed by atoms with Crippen molar-refractivity contribution in [1.82, 2.24) is 15.0 Å². The summed E-state index contributed by atoms with van der Waals surface area (Å²) in [4.78, 5) is 13.0. The van der Waals surface area contributed by atoms with Gasteiger partial charge in [-0.05, 0) is 36.6 Å². The molecule has 150 valence electrons. The summed E-state index contributed by atoms with van der Waals surface area (Å²) in [7, 11) is 0. The molecule has 2 aromatic heterocycles. The molecule has 0 saturated heterocycles. The number of aromatic nitrogens is 3. The molecule has 0 amide bonds. The number of hydrogen-bond acceptors (Lipinski definition) is 6. The largest absolute Gasteiger partial charge is 0.573 e. The number of pyridine rings is 1. The number of nitrogens with one attached hydrogen (secondary N) is 2. The average Bonchev–Trinajstić information content (AvgIpc) is 3.50. The molecule has 1 saturated carbocycles. The van der Waals surface area contributed by atoms with Crippen LogP contribution in [0.4, 0.5) is 24.9 Å². The lowest BCUT2D eigenvalue weighted by molar-refractivity contribution is -0.274. The quantitative estimate of drug-likeness (QED) is 0.602. The minimum Gasteiger partial charge on any atom is -0.406 e. The molecule has 0 atom stereocenters. The number of rotatable bonds is 7. The Balaban J connectivity index is 1.60. The summed E-state index contributed by atoms with van der Waals surface area (Å²) in [6.45, 7) is 0.504. The van der Waals surface area contributed by atoms with Crippen LogP contribution in [-0.4, -0.2) is 27.4 Å². The second kappa shape index (κ2) is 7.94. The Hall–Kier alpha value is -3.36. The molecule has 1 aliphatic rings. The Morgan fingerprint density at radius 3 is 2.66 bits per heavy atom. The van der Waals surface area contributed by atoms with Crippen molar-refractivity contribution >= 4 is 11.8 Å². The van der Waals surface area contributed by atoms with E-state index in [2.05, 4.69) is 30.3 Å². The smallest absolute Gasteiger partial charge is 0.406 e. The molecule has 1 aromatic carbocycles. The molecule has 0 aliphatic heterocycles. The highest BCUT2D eigenvalue weighted by Crippen LogP contribution is 2.30. The fourth-order valence-electron chi connectivity index (χ4n) is 2.71. The molecule has 29 heavy (non-hydrogen) atoms. The zero-order chi connectivity index (χ0) is 20.3. The summed E-state index contributed by atoms with van der Waals surface area (Å²) in [6.07, 6.45) is 0.775. The Bertz CT molecular complexity index is 977. The van der Waals surface area contributed by atoms with E-state index < -0.39 is 6.36 Å². The van der Waals surface area contributed by atoms with E-state index in [4.69, 9.17) is 0 Å². The van der Waals surface area contributed by atoms with Crippen molar-refractivity contribution in [3.8, 4) is 17.0 Å². The molecular weight excluding hydrogens is 383 g/mol. The highest BCUT2D eigenvalue weighted by atomic mass is 19.4. The van der Waals surface area contributed by atoms with Gasteiger partial charge in [0.05, 0.1) is 5.69 Å². The van der Waals surface area contributed by atoms with E-state index in [1.165, 1.54) is 18.2 Å². The first kappa shape index (κ1) is 19.0. The molecule has 0 spiro atoms. The van der Waals surface area contributed by atoms with E-state index in [9.17, 15) is 13.2 Å².